The summed E-state index contributed by atoms with van der Waals surface area (Å²) in [4.78, 5) is 0. The summed E-state index contributed by atoms with van der Waals surface area (Å²) in [5.74, 6) is 0. The molecule has 0 amide bonds. The highest BCUT2D eigenvalue weighted by Gasteiger charge is 2.37. The van der Waals surface area contributed by atoms with E-state index in [1.165, 1.54) is 0 Å². The Kier molecular flexibility index (Phi) is 5.44. The molecule has 0 fully saturated rings. The third kappa shape index (κ3) is 8.36. The fraction of sp³-hybridized carbons (Fsp3) is 1.00. The lowest BCUT2D eigenvalue weighted by Gasteiger charge is -2.29. The monoisotopic (exact) mass is 270 g/mol. The standard InChI is InChI=1S/C8H23O4PSi2/c1-8-10-13(9,11-14(2,3)4)12-15(5,6)7/h8H2,1-7H3. The van der Waals surface area contributed by atoms with E-state index in [2.05, 4.69) is 0 Å². The third-order valence-electron chi connectivity index (χ3n) is 1.06. The van der Waals surface area contributed by atoms with Gasteiger partial charge in [0, 0.05) is 0 Å². The maximum atomic E-state index is 12.2. The normalized spacial score (nSPS) is 14.3. The van der Waals surface area contributed by atoms with Crippen molar-refractivity contribution in [2.75, 3.05) is 6.61 Å². The molecule has 0 aliphatic rings. The molecule has 0 unspecified atom stereocenters. The Hall–Kier alpha value is 0.544. The second-order valence-corrected chi connectivity index (χ2v) is 16.3. The van der Waals surface area contributed by atoms with E-state index in [0.29, 0.717) is 6.61 Å². The molecule has 0 atom stereocenters. The molecule has 0 saturated heterocycles. The minimum absolute atomic E-state index is 0.340. The highest BCUT2D eigenvalue weighted by Crippen LogP contribution is 2.53. The summed E-state index contributed by atoms with van der Waals surface area (Å²) in [5, 5.41) is 0. The van der Waals surface area contributed by atoms with E-state index in [4.69, 9.17) is 12.9 Å². The van der Waals surface area contributed by atoms with Gasteiger partial charge in [-0.15, -0.1) is 0 Å². The van der Waals surface area contributed by atoms with E-state index in [9.17, 15) is 4.57 Å². The van der Waals surface area contributed by atoms with Gasteiger partial charge >= 0.3 is 7.82 Å². The first-order chi connectivity index (χ1) is 6.47. The van der Waals surface area contributed by atoms with E-state index in [0.717, 1.165) is 0 Å². The summed E-state index contributed by atoms with van der Waals surface area (Å²) in [6, 6.07) is 0. The lowest BCUT2D eigenvalue weighted by atomic mass is 10.9. The van der Waals surface area contributed by atoms with Crippen LogP contribution in [0.1, 0.15) is 6.92 Å². The van der Waals surface area contributed by atoms with Crippen molar-refractivity contribution >= 4 is 24.5 Å². The van der Waals surface area contributed by atoms with Gasteiger partial charge in [0.05, 0.1) is 6.61 Å². The van der Waals surface area contributed by atoms with Gasteiger partial charge in [0.2, 0.25) is 0 Å². The van der Waals surface area contributed by atoms with E-state index < -0.39 is 24.5 Å². The van der Waals surface area contributed by atoms with E-state index in [1.807, 2.05) is 39.3 Å². The van der Waals surface area contributed by atoms with Crippen LogP contribution in [0.3, 0.4) is 0 Å². The Morgan fingerprint density at radius 3 is 1.47 bits per heavy atom. The van der Waals surface area contributed by atoms with Gasteiger partial charge in [-0.05, 0) is 46.2 Å². The minimum atomic E-state index is -3.34. The number of phosphoric acid groups is 1. The largest absolute Gasteiger partial charge is 0.455 e. The summed E-state index contributed by atoms with van der Waals surface area (Å²) in [6.07, 6.45) is 0. The van der Waals surface area contributed by atoms with Gasteiger partial charge in [0.25, 0.3) is 0 Å². The number of hydrogen-bond donors (Lipinski definition) is 0. The highest BCUT2D eigenvalue weighted by atomic mass is 31.2. The van der Waals surface area contributed by atoms with Crippen molar-refractivity contribution in [3.63, 3.8) is 0 Å². The Bertz CT molecular complexity index is 224. The van der Waals surface area contributed by atoms with Crippen molar-refractivity contribution in [3.8, 4) is 0 Å². The lowest BCUT2D eigenvalue weighted by molar-refractivity contribution is 0.216. The first kappa shape index (κ1) is 15.5. The Morgan fingerprint density at radius 1 is 0.933 bits per heavy atom. The van der Waals surface area contributed by atoms with Crippen LogP contribution in [-0.4, -0.2) is 23.2 Å². The molecular weight excluding hydrogens is 247 g/mol. The predicted molar refractivity (Wildman–Crippen MR) is 68.1 cm³/mol. The average molecular weight is 270 g/mol. The minimum Gasteiger partial charge on any atom is -0.331 e. The zero-order valence-corrected chi connectivity index (χ0v) is 13.7. The van der Waals surface area contributed by atoms with Crippen LogP contribution in [0, 0.1) is 0 Å². The van der Waals surface area contributed by atoms with Gasteiger partial charge in [-0.3, -0.25) is 4.52 Å². The highest BCUT2D eigenvalue weighted by molar-refractivity contribution is 7.52. The molecule has 0 saturated carbocycles. The number of rotatable bonds is 6. The van der Waals surface area contributed by atoms with Gasteiger partial charge in [-0.2, -0.15) is 0 Å². The van der Waals surface area contributed by atoms with Gasteiger partial charge in [0.15, 0.2) is 16.6 Å². The topological polar surface area (TPSA) is 44.8 Å². The molecule has 0 aromatic heterocycles. The second-order valence-electron chi connectivity index (χ2n) is 5.27. The zero-order chi connectivity index (χ0) is 12.3. The molecule has 0 bridgehead atoms. The molecule has 4 nitrogen and oxygen atoms in total. The van der Waals surface area contributed by atoms with Crippen LogP contribution in [-0.2, 0) is 17.5 Å². The van der Waals surface area contributed by atoms with Crippen molar-refractivity contribution in [1.82, 2.24) is 0 Å². The molecule has 15 heavy (non-hydrogen) atoms. The van der Waals surface area contributed by atoms with E-state index in [-0.39, 0.29) is 0 Å². The first-order valence-corrected chi connectivity index (χ1v) is 13.4. The van der Waals surface area contributed by atoms with Crippen LogP contribution in [0.5, 0.6) is 0 Å². The Morgan fingerprint density at radius 2 is 1.27 bits per heavy atom. The first-order valence-electron chi connectivity index (χ1n) is 5.13. The van der Waals surface area contributed by atoms with Gasteiger partial charge in [0.1, 0.15) is 0 Å². The molecular formula is C8H23O4PSi2. The van der Waals surface area contributed by atoms with Crippen LogP contribution < -0.4 is 0 Å². The molecule has 0 aliphatic carbocycles. The molecule has 0 spiro atoms. The summed E-state index contributed by atoms with van der Waals surface area (Å²) in [5.41, 5.74) is 0. The lowest BCUT2D eigenvalue weighted by Crippen LogP contribution is -2.30. The zero-order valence-electron chi connectivity index (χ0n) is 10.8. The second kappa shape index (κ2) is 5.25. The third-order valence-corrected chi connectivity index (χ3v) is 7.80. The maximum absolute atomic E-state index is 12.2. The van der Waals surface area contributed by atoms with E-state index >= 15 is 0 Å². The van der Waals surface area contributed by atoms with Crippen LogP contribution in [0.25, 0.3) is 0 Å². The fourth-order valence-corrected chi connectivity index (χ4v) is 7.49. The molecule has 0 aromatic rings. The Labute approximate surface area is 95.2 Å². The van der Waals surface area contributed by atoms with Gasteiger partial charge in [-0.1, -0.05) is 0 Å². The van der Waals surface area contributed by atoms with Crippen LogP contribution >= 0.6 is 7.82 Å². The SMILES string of the molecule is CCOP(=O)(O[Si](C)(C)C)O[Si](C)(C)C. The molecule has 92 valence electrons. The van der Waals surface area contributed by atoms with Gasteiger partial charge in [-0.25, -0.2) is 4.57 Å². The molecule has 0 aromatic carbocycles. The van der Waals surface area contributed by atoms with Crippen LogP contribution in [0.4, 0.5) is 0 Å². The van der Waals surface area contributed by atoms with Crippen LogP contribution in [0.2, 0.25) is 39.3 Å². The van der Waals surface area contributed by atoms with Crippen molar-refractivity contribution < 1.29 is 17.5 Å². The van der Waals surface area contributed by atoms with Gasteiger partial charge < -0.3 is 8.43 Å². The summed E-state index contributed by atoms with van der Waals surface area (Å²) >= 11 is 0. The van der Waals surface area contributed by atoms with Crippen molar-refractivity contribution in [2.45, 2.75) is 46.2 Å². The molecule has 0 N–H and O–H groups in total. The molecule has 0 radical (unpaired) electrons. The molecule has 0 aliphatic heterocycles. The summed E-state index contributed by atoms with van der Waals surface area (Å²) in [6.45, 7) is 13.9. The van der Waals surface area contributed by atoms with Crippen molar-refractivity contribution in [1.29, 1.82) is 0 Å². The summed E-state index contributed by atoms with van der Waals surface area (Å²) < 4.78 is 28.5. The van der Waals surface area contributed by atoms with Crippen LogP contribution in [0.15, 0.2) is 0 Å². The molecule has 7 heteroatoms. The average Bonchev–Trinajstić information content (AvgIpc) is 1.74. The smallest absolute Gasteiger partial charge is 0.331 e. The molecule has 0 heterocycles. The molecule has 0 rings (SSSR count). The Balaban J connectivity index is 4.68. The van der Waals surface area contributed by atoms with E-state index in [1.54, 1.807) is 6.92 Å². The summed E-state index contributed by atoms with van der Waals surface area (Å²) in [7, 11) is -7.18. The van der Waals surface area contributed by atoms with Crippen molar-refractivity contribution in [2.24, 2.45) is 0 Å². The fourth-order valence-electron chi connectivity index (χ4n) is 0.900. The van der Waals surface area contributed by atoms with Crippen molar-refractivity contribution in [3.05, 3.63) is 0 Å². The number of hydrogen-bond acceptors (Lipinski definition) is 4. The predicted octanol–water partition coefficient (Wildman–Crippen LogP) is 3.83. The maximum Gasteiger partial charge on any atom is 0.455 e. The quantitative estimate of drug-likeness (QED) is 0.543.